The Morgan fingerprint density at radius 2 is 1.57 bits per heavy atom. The van der Waals surface area contributed by atoms with E-state index in [4.69, 9.17) is 14.2 Å². The Hall–Kier alpha value is -4.12. The van der Waals surface area contributed by atoms with E-state index in [-0.39, 0.29) is 18.9 Å². The van der Waals surface area contributed by atoms with Gasteiger partial charge in [-0.15, -0.1) is 0 Å². The molecule has 1 fully saturated rings. The second-order valence-corrected chi connectivity index (χ2v) is 12.7. The molecule has 44 heavy (non-hydrogen) atoms. The molecule has 2 aromatic carbocycles. The number of carbonyl (C=O) groups is 4. The monoisotopic (exact) mass is 609 g/mol. The predicted octanol–water partition coefficient (Wildman–Crippen LogP) is 5.03. The maximum absolute atomic E-state index is 13.9. The number of ether oxygens (including phenoxy) is 3. The van der Waals surface area contributed by atoms with E-state index < -0.39 is 53.6 Å². The second kappa shape index (κ2) is 13.3. The van der Waals surface area contributed by atoms with Crippen molar-refractivity contribution in [3.05, 3.63) is 59.7 Å². The van der Waals surface area contributed by atoms with E-state index in [1.807, 2.05) is 48.5 Å². The lowest BCUT2D eigenvalue weighted by Crippen LogP contribution is -2.58. The van der Waals surface area contributed by atoms with E-state index in [1.165, 1.54) is 4.90 Å². The fraction of sp³-hybridized carbons (Fsp3) is 0.515. The number of fused-ring (bicyclic) bond motifs is 3. The Morgan fingerprint density at radius 3 is 2.14 bits per heavy atom. The van der Waals surface area contributed by atoms with Crippen molar-refractivity contribution in [3.8, 4) is 11.1 Å². The Kier molecular flexibility index (Phi) is 9.88. The molecule has 1 aliphatic carbocycles. The molecule has 3 N–H and O–H groups in total. The Bertz CT molecular complexity index is 1340. The van der Waals surface area contributed by atoms with Gasteiger partial charge in [-0.05, 0) is 83.1 Å². The van der Waals surface area contributed by atoms with Crippen LogP contribution in [0.25, 0.3) is 11.1 Å². The number of rotatable bonds is 10. The van der Waals surface area contributed by atoms with Crippen molar-refractivity contribution in [3.63, 3.8) is 0 Å². The van der Waals surface area contributed by atoms with Gasteiger partial charge in [0.2, 0.25) is 5.91 Å². The first kappa shape index (κ1) is 32.8. The van der Waals surface area contributed by atoms with Crippen molar-refractivity contribution in [2.24, 2.45) is 0 Å². The number of carbonyl (C=O) groups excluding carboxylic acids is 3. The molecule has 0 saturated carbocycles. The fourth-order valence-electron chi connectivity index (χ4n) is 6.02. The maximum Gasteiger partial charge on any atom is 0.407 e. The minimum Gasteiger partial charge on any atom is -0.480 e. The molecule has 0 spiro atoms. The lowest BCUT2D eigenvalue weighted by molar-refractivity contribution is -0.156. The van der Waals surface area contributed by atoms with Gasteiger partial charge in [0.1, 0.15) is 24.0 Å². The quantitative estimate of drug-likeness (QED) is 0.319. The van der Waals surface area contributed by atoms with Gasteiger partial charge in [-0.1, -0.05) is 48.5 Å². The predicted molar refractivity (Wildman–Crippen MR) is 163 cm³/mol. The van der Waals surface area contributed by atoms with Crippen LogP contribution in [-0.2, 0) is 23.8 Å². The number of hydrogen-bond donors (Lipinski definition) is 3. The van der Waals surface area contributed by atoms with Gasteiger partial charge in [-0.3, -0.25) is 9.69 Å². The molecule has 2 aromatic rings. The summed E-state index contributed by atoms with van der Waals surface area (Å²) in [5.41, 5.74) is 2.46. The van der Waals surface area contributed by atoms with Gasteiger partial charge in [0, 0.05) is 12.5 Å². The van der Waals surface area contributed by atoms with Crippen LogP contribution in [0, 0.1) is 0 Å². The van der Waals surface area contributed by atoms with Crippen molar-refractivity contribution in [1.82, 2.24) is 15.5 Å². The molecule has 0 radical (unpaired) electrons. The largest absolute Gasteiger partial charge is 0.480 e. The summed E-state index contributed by atoms with van der Waals surface area (Å²) in [6.45, 7) is 10.5. The molecule has 11 heteroatoms. The summed E-state index contributed by atoms with van der Waals surface area (Å²) < 4.78 is 16.8. The smallest absolute Gasteiger partial charge is 0.407 e. The molecule has 0 aromatic heterocycles. The summed E-state index contributed by atoms with van der Waals surface area (Å²) in [4.78, 5) is 52.4. The minimum absolute atomic E-state index is 0.0632. The third-order valence-corrected chi connectivity index (χ3v) is 7.79. The number of aliphatic carboxylic acids is 1. The molecule has 4 rings (SSSR count). The zero-order chi connectivity index (χ0) is 32.2. The normalized spacial score (nSPS) is 19.5. The number of amides is 3. The first-order chi connectivity index (χ1) is 20.7. The van der Waals surface area contributed by atoms with E-state index >= 15 is 0 Å². The lowest BCUT2D eigenvalue weighted by atomic mass is 9.98. The minimum atomic E-state index is -1.22. The molecule has 2 aliphatic rings. The molecule has 1 heterocycles. The number of unbranched alkanes of at least 4 members (excludes halogenated alkanes) is 1. The van der Waals surface area contributed by atoms with Crippen molar-refractivity contribution in [1.29, 1.82) is 0 Å². The number of carboxylic acids is 1. The number of benzene rings is 2. The van der Waals surface area contributed by atoms with Gasteiger partial charge < -0.3 is 30.0 Å². The molecule has 0 bridgehead atoms. The first-order valence-corrected chi connectivity index (χ1v) is 15.0. The molecule has 0 unspecified atom stereocenters. The van der Waals surface area contributed by atoms with Crippen LogP contribution < -0.4 is 10.6 Å². The van der Waals surface area contributed by atoms with Gasteiger partial charge in [0.05, 0.1) is 6.10 Å². The van der Waals surface area contributed by atoms with Crippen LogP contribution in [0.4, 0.5) is 9.59 Å². The summed E-state index contributed by atoms with van der Waals surface area (Å²) in [5, 5.41) is 15.3. The molecule has 1 saturated heterocycles. The number of nitrogens with zero attached hydrogens (tertiary/aromatic N) is 1. The highest BCUT2D eigenvalue weighted by molar-refractivity contribution is 5.90. The van der Waals surface area contributed by atoms with Crippen LogP contribution in [0.3, 0.4) is 0 Å². The maximum atomic E-state index is 13.9. The standard InChI is InChI=1S/C33H43N3O8/c1-20-27(29(38)39)36(33(5,6)43-20)28(37)26(17-11-12-18-34-30(40)44-32(2,3)4)35-31(41)42-19-25-23-15-9-7-13-21(23)22-14-8-10-16-24(22)25/h7-10,13-16,20,25-27H,11-12,17-19H2,1-6H3,(H,34,40)(H,35,41)(H,38,39)/t20-,26-,27+/m0/s1. The van der Waals surface area contributed by atoms with E-state index in [2.05, 4.69) is 10.6 Å². The van der Waals surface area contributed by atoms with Crippen LogP contribution in [0.1, 0.15) is 77.8 Å². The van der Waals surface area contributed by atoms with E-state index in [0.29, 0.717) is 19.4 Å². The van der Waals surface area contributed by atoms with Crippen molar-refractivity contribution < 1.29 is 38.5 Å². The average molecular weight is 610 g/mol. The fourth-order valence-corrected chi connectivity index (χ4v) is 6.02. The Labute approximate surface area is 258 Å². The molecule has 11 nitrogen and oxygen atoms in total. The molecular weight excluding hydrogens is 566 g/mol. The van der Waals surface area contributed by atoms with Crippen LogP contribution in [0.15, 0.2) is 48.5 Å². The summed E-state index contributed by atoms with van der Waals surface area (Å²) in [5.74, 6) is -1.94. The van der Waals surface area contributed by atoms with Gasteiger partial charge in [-0.2, -0.15) is 0 Å². The molecular formula is C33H43N3O8. The molecule has 3 amide bonds. The number of carboxylic acid groups (broad SMARTS) is 1. The van der Waals surface area contributed by atoms with Crippen molar-refractivity contribution in [2.75, 3.05) is 13.2 Å². The highest BCUT2D eigenvalue weighted by Crippen LogP contribution is 2.44. The average Bonchev–Trinajstić information content (AvgIpc) is 3.39. The van der Waals surface area contributed by atoms with Crippen molar-refractivity contribution >= 4 is 24.1 Å². The van der Waals surface area contributed by atoms with E-state index in [0.717, 1.165) is 22.3 Å². The Balaban J connectivity index is 1.44. The van der Waals surface area contributed by atoms with Gasteiger partial charge in [0.25, 0.3) is 0 Å². The lowest BCUT2D eigenvalue weighted by Gasteiger charge is -2.35. The van der Waals surface area contributed by atoms with Crippen molar-refractivity contribution in [2.45, 2.75) is 96.2 Å². The summed E-state index contributed by atoms with van der Waals surface area (Å²) in [7, 11) is 0. The van der Waals surface area contributed by atoms with Crippen LogP contribution >= 0.6 is 0 Å². The zero-order valence-corrected chi connectivity index (χ0v) is 26.2. The third-order valence-electron chi connectivity index (χ3n) is 7.79. The number of alkyl carbamates (subject to hydrolysis) is 2. The van der Waals surface area contributed by atoms with Gasteiger partial charge in [-0.25, -0.2) is 14.4 Å². The highest BCUT2D eigenvalue weighted by Gasteiger charge is 2.52. The topological polar surface area (TPSA) is 144 Å². The van der Waals surface area contributed by atoms with Crippen LogP contribution in [0.5, 0.6) is 0 Å². The van der Waals surface area contributed by atoms with E-state index in [1.54, 1.807) is 41.5 Å². The third kappa shape index (κ3) is 7.50. The van der Waals surface area contributed by atoms with E-state index in [9.17, 15) is 24.3 Å². The molecule has 1 aliphatic heterocycles. The van der Waals surface area contributed by atoms with Crippen LogP contribution in [-0.4, -0.2) is 76.7 Å². The highest BCUT2D eigenvalue weighted by atomic mass is 16.6. The van der Waals surface area contributed by atoms with Gasteiger partial charge in [0.15, 0.2) is 6.04 Å². The summed E-state index contributed by atoms with van der Waals surface area (Å²) in [6.07, 6.45) is -0.954. The Morgan fingerprint density at radius 1 is 0.977 bits per heavy atom. The number of nitrogens with one attached hydrogen (secondary N) is 2. The van der Waals surface area contributed by atoms with Crippen LogP contribution in [0.2, 0.25) is 0 Å². The molecule has 3 atom stereocenters. The second-order valence-electron chi connectivity index (χ2n) is 12.7. The van der Waals surface area contributed by atoms with Gasteiger partial charge >= 0.3 is 18.2 Å². The summed E-state index contributed by atoms with van der Waals surface area (Å²) >= 11 is 0. The first-order valence-electron chi connectivity index (χ1n) is 15.0. The zero-order valence-electron chi connectivity index (χ0n) is 26.2. The molecule has 238 valence electrons. The SMILES string of the molecule is C[C@@H]1OC(C)(C)N(C(=O)[C@H](CCCCNC(=O)OC(C)(C)C)NC(=O)OCC2c3ccccc3-c3ccccc32)[C@H]1C(=O)O. The summed E-state index contributed by atoms with van der Waals surface area (Å²) in [6, 6.07) is 13.6. The number of hydrogen-bond acceptors (Lipinski definition) is 7.